The molecule has 0 saturated heterocycles. The lowest BCUT2D eigenvalue weighted by molar-refractivity contribution is 0.132. The second kappa shape index (κ2) is 5.12. The van der Waals surface area contributed by atoms with Crippen molar-refractivity contribution in [3.8, 4) is 5.88 Å². The number of nitrogens with zero attached hydrogens (tertiary/aromatic N) is 2. The predicted octanol–water partition coefficient (Wildman–Crippen LogP) is 2.20. The van der Waals surface area contributed by atoms with Crippen LogP contribution in [0.5, 0.6) is 5.88 Å². The molecule has 0 bridgehead atoms. The van der Waals surface area contributed by atoms with Gasteiger partial charge in [-0.15, -0.1) is 0 Å². The van der Waals surface area contributed by atoms with Crippen molar-refractivity contribution >= 4 is 11.6 Å². The number of fused-ring (bicyclic) bond motifs is 1. The molecule has 2 heterocycles. The fourth-order valence-electron chi connectivity index (χ4n) is 1.16. The van der Waals surface area contributed by atoms with Gasteiger partial charge in [0.15, 0.2) is 0 Å². The number of hydrogen-bond donors (Lipinski definition) is 0. The molecule has 78 valence electrons. The van der Waals surface area contributed by atoms with Gasteiger partial charge in [0, 0.05) is 0 Å². The number of ether oxygens (including phenoxy) is 2. The third-order valence-corrected chi connectivity index (χ3v) is 1.88. The van der Waals surface area contributed by atoms with Crippen molar-refractivity contribution in [2.45, 2.75) is 27.1 Å². The average molecular weight is 217 g/mol. The Labute approximate surface area is 88.2 Å². The lowest BCUT2D eigenvalue weighted by atomic mass is 10.3. The topological polar surface area (TPSA) is 44.2 Å². The average Bonchev–Trinajstić information content (AvgIpc) is 2.67. The third kappa shape index (κ3) is 2.13. The lowest BCUT2D eigenvalue weighted by Crippen LogP contribution is -1.98. The first-order valence-electron chi connectivity index (χ1n) is 4.48. The maximum atomic E-state index is 5.65. The summed E-state index contributed by atoms with van der Waals surface area (Å²) in [6.07, 6.45) is 0. The van der Waals surface area contributed by atoms with Gasteiger partial charge in [0.25, 0.3) is 0 Å². The van der Waals surface area contributed by atoms with Crippen molar-refractivity contribution in [3.63, 3.8) is 0 Å². The highest BCUT2D eigenvalue weighted by molar-refractivity contribution is 6.28. The standard InChI is InChI=1S/C7H7ClN2O2.C2H6/c1-11-6-4-2-12-3-5(4)9-7(8)10-6;1-2/h2-3H2,1H3;1-2H3. The van der Waals surface area contributed by atoms with Crippen LogP contribution in [0.3, 0.4) is 0 Å². The Hall–Kier alpha value is -0.870. The van der Waals surface area contributed by atoms with Crippen LogP contribution in [0.1, 0.15) is 25.1 Å². The largest absolute Gasteiger partial charge is 0.481 e. The van der Waals surface area contributed by atoms with Gasteiger partial charge < -0.3 is 9.47 Å². The van der Waals surface area contributed by atoms with Crippen LogP contribution in [-0.2, 0) is 18.0 Å². The minimum Gasteiger partial charge on any atom is -0.481 e. The molecule has 0 amide bonds. The molecule has 0 radical (unpaired) electrons. The first kappa shape index (κ1) is 11.2. The molecule has 2 rings (SSSR count). The molecule has 1 aliphatic heterocycles. The maximum Gasteiger partial charge on any atom is 0.225 e. The molecular formula is C9H13ClN2O2. The summed E-state index contributed by atoms with van der Waals surface area (Å²) in [4.78, 5) is 7.93. The lowest BCUT2D eigenvalue weighted by Gasteiger charge is -2.03. The molecule has 1 aromatic rings. The van der Waals surface area contributed by atoms with Gasteiger partial charge in [-0.25, -0.2) is 4.98 Å². The molecular weight excluding hydrogens is 204 g/mol. The number of rotatable bonds is 1. The molecule has 0 aliphatic carbocycles. The Bertz CT molecular complexity index is 318. The summed E-state index contributed by atoms with van der Waals surface area (Å²) in [6, 6.07) is 0. The Morgan fingerprint density at radius 1 is 1.29 bits per heavy atom. The van der Waals surface area contributed by atoms with E-state index in [1.807, 2.05) is 13.8 Å². The van der Waals surface area contributed by atoms with Crippen molar-refractivity contribution < 1.29 is 9.47 Å². The van der Waals surface area contributed by atoms with Crippen molar-refractivity contribution in [1.82, 2.24) is 9.97 Å². The van der Waals surface area contributed by atoms with Crippen LogP contribution < -0.4 is 4.74 Å². The molecule has 0 atom stereocenters. The molecule has 4 nitrogen and oxygen atoms in total. The molecule has 5 heteroatoms. The summed E-state index contributed by atoms with van der Waals surface area (Å²) in [5.41, 5.74) is 1.73. The molecule has 0 aromatic carbocycles. The van der Waals surface area contributed by atoms with Gasteiger partial charge in [-0.3, -0.25) is 0 Å². The molecule has 1 aliphatic rings. The van der Waals surface area contributed by atoms with E-state index in [2.05, 4.69) is 9.97 Å². The van der Waals surface area contributed by atoms with E-state index in [0.29, 0.717) is 19.1 Å². The number of hydrogen-bond acceptors (Lipinski definition) is 4. The smallest absolute Gasteiger partial charge is 0.225 e. The van der Waals surface area contributed by atoms with Crippen LogP contribution in [0.15, 0.2) is 0 Å². The minimum absolute atomic E-state index is 0.205. The van der Waals surface area contributed by atoms with Crippen LogP contribution in [-0.4, -0.2) is 17.1 Å². The number of halogens is 1. The number of methoxy groups -OCH3 is 1. The van der Waals surface area contributed by atoms with E-state index in [1.54, 1.807) is 7.11 Å². The zero-order valence-electron chi connectivity index (χ0n) is 8.50. The highest BCUT2D eigenvalue weighted by atomic mass is 35.5. The van der Waals surface area contributed by atoms with E-state index in [0.717, 1.165) is 11.3 Å². The van der Waals surface area contributed by atoms with Crippen LogP contribution in [0, 0.1) is 0 Å². The van der Waals surface area contributed by atoms with Crippen LogP contribution >= 0.6 is 11.6 Å². The molecule has 0 N–H and O–H groups in total. The first-order valence-corrected chi connectivity index (χ1v) is 4.86. The van der Waals surface area contributed by atoms with E-state index in [-0.39, 0.29) is 5.28 Å². The molecule has 0 spiro atoms. The fourth-order valence-corrected chi connectivity index (χ4v) is 1.34. The summed E-state index contributed by atoms with van der Waals surface area (Å²) < 4.78 is 10.2. The molecule has 0 unspecified atom stereocenters. The van der Waals surface area contributed by atoms with Gasteiger partial charge >= 0.3 is 0 Å². The Morgan fingerprint density at radius 2 is 2.00 bits per heavy atom. The first-order chi connectivity index (χ1) is 6.81. The van der Waals surface area contributed by atoms with Crippen molar-refractivity contribution in [1.29, 1.82) is 0 Å². The Kier molecular flexibility index (Phi) is 4.10. The van der Waals surface area contributed by atoms with Crippen LogP contribution in [0.2, 0.25) is 5.28 Å². The van der Waals surface area contributed by atoms with E-state index < -0.39 is 0 Å². The van der Waals surface area contributed by atoms with E-state index in [1.165, 1.54) is 0 Å². The summed E-state index contributed by atoms with van der Waals surface area (Å²) in [7, 11) is 1.55. The van der Waals surface area contributed by atoms with E-state index in [9.17, 15) is 0 Å². The van der Waals surface area contributed by atoms with Crippen LogP contribution in [0.25, 0.3) is 0 Å². The van der Waals surface area contributed by atoms with E-state index in [4.69, 9.17) is 21.1 Å². The monoisotopic (exact) mass is 216 g/mol. The predicted molar refractivity (Wildman–Crippen MR) is 53.4 cm³/mol. The van der Waals surface area contributed by atoms with Crippen molar-refractivity contribution in [2.24, 2.45) is 0 Å². The molecule has 0 fully saturated rings. The second-order valence-electron chi connectivity index (χ2n) is 2.42. The van der Waals surface area contributed by atoms with Gasteiger partial charge in [-0.2, -0.15) is 4.98 Å². The highest BCUT2D eigenvalue weighted by Gasteiger charge is 2.19. The highest BCUT2D eigenvalue weighted by Crippen LogP contribution is 2.26. The summed E-state index contributed by atoms with van der Waals surface area (Å²) in [5, 5.41) is 0.205. The molecule has 0 saturated carbocycles. The zero-order chi connectivity index (χ0) is 10.6. The van der Waals surface area contributed by atoms with Gasteiger partial charge in [0.2, 0.25) is 11.2 Å². The summed E-state index contributed by atoms with van der Waals surface area (Å²) in [5.74, 6) is 0.516. The van der Waals surface area contributed by atoms with Crippen molar-refractivity contribution in [3.05, 3.63) is 16.5 Å². The summed E-state index contributed by atoms with van der Waals surface area (Å²) >= 11 is 5.65. The van der Waals surface area contributed by atoms with Crippen LogP contribution in [0.4, 0.5) is 0 Å². The molecule has 14 heavy (non-hydrogen) atoms. The zero-order valence-corrected chi connectivity index (χ0v) is 9.26. The SMILES string of the molecule is CC.COc1nc(Cl)nc2c1COC2. The van der Waals surface area contributed by atoms with E-state index >= 15 is 0 Å². The van der Waals surface area contributed by atoms with Gasteiger partial charge in [0.05, 0.1) is 31.6 Å². The van der Waals surface area contributed by atoms with Gasteiger partial charge in [-0.1, -0.05) is 13.8 Å². The minimum atomic E-state index is 0.205. The van der Waals surface area contributed by atoms with Gasteiger partial charge in [0.1, 0.15) is 0 Å². The number of aromatic nitrogens is 2. The summed E-state index contributed by atoms with van der Waals surface area (Å²) in [6.45, 7) is 5.00. The normalized spacial score (nSPS) is 12.9. The quantitative estimate of drug-likeness (QED) is 0.675. The maximum absolute atomic E-state index is 5.65. The van der Waals surface area contributed by atoms with Crippen molar-refractivity contribution in [2.75, 3.05) is 7.11 Å². The Balaban J connectivity index is 0.000000461. The van der Waals surface area contributed by atoms with Gasteiger partial charge in [-0.05, 0) is 11.6 Å². The molecule has 1 aromatic heterocycles. The third-order valence-electron chi connectivity index (χ3n) is 1.71. The second-order valence-corrected chi connectivity index (χ2v) is 2.76. The fraction of sp³-hybridized carbons (Fsp3) is 0.556. The Morgan fingerprint density at radius 3 is 2.64 bits per heavy atom.